The Morgan fingerprint density at radius 1 is 1.12 bits per heavy atom. The van der Waals surface area contributed by atoms with Gasteiger partial charge in [-0.1, -0.05) is 19.1 Å². The number of hydrogen-bond donors (Lipinski definition) is 1. The van der Waals surface area contributed by atoms with Crippen molar-refractivity contribution in [2.75, 3.05) is 12.4 Å². The van der Waals surface area contributed by atoms with Gasteiger partial charge < -0.3 is 10.1 Å². The summed E-state index contributed by atoms with van der Waals surface area (Å²) in [5.41, 5.74) is 6.31. The van der Waals surface area contributed by atoms with Gasteiger partial charge in [0.25, 0.3) is 0 Å². The lowest BCUT2D eigenvalue weighted by atomic mass is 9.94. The molecular formula is C21H20N2O2. The van der Waals surface area contributed by atoms with Crippen LogP contribution in [0, 0.1) is 0 Å². The number of pyridine rings is 1. The average molecular weight is 332 g/mol. The van der Waals surface area contributed by atoms with Gasteiger partial charge in [-0.2, -0.15) is 0 Å². The summed E-state index contributed by atoms with van der Waals surface area (Å²) in [6.45, 7) is 2.10. The molecule has 4 rings (SSSR count). The summed E-state index contributed by atoms with van der Waals surface area (Å²) < 4.78 is 5.51. The molecule has 3 aromatic rings. The molecule has 4 nitrogen and oxygen atoms in total. The summed E-state index contributed by atoms with van der Waals surface area (Å²) in [4.78, 5) is 16.3. The summed E-state index contributed by atoms with van der Waals surface area (Å²) >= 11 is 0. The van der Waals surface area contributed by atoms with Gasteiger partial charge in [-0.15, -0.1) is 0 Å². The fourth-order valence-electron chi connectivity index (χ4n) is 3.40. The minimum absolute atomic E-state index is 0.0893. The Hall–Kier alpha value is -2.88. The smallest absolute Gasteiger partial charge is 0.224 e. The van der Waals surface area contributed by atoms with Crippen LogP contribution in [-0.2, 0) is 17.6 Å². The van der Waals surface area contributed by atoms with Crippen molar-refractivity contribution in [3.8, 4) is 16.9 Å². The second-order valence-electron chi connectivity index (χ2n) is 6.29. The predicted molar refractivity (Wildman–Crippen MR) is 100 cm³/mol. The molecule has 0 radical (unpaired) electrons. The fraction of sp³-hybridized carbons (Fsp3) is 0.238. The lowest BCUT2D eigenvalue weighted by molar-refractivity contribution is -0.116. The van der Waals surface area contributed by atoms with Gasteiger partial charge in [-0.3, -0.25) is 4.79 Å². The second-order valence-corrected chi connectivity index (χ2v) is 6.29. The van der Waals surface area contributed by atoms with Gasteiger partial charge in [0.2, 0.25) is 5.91 Å². The zero-order chi connectivity index (χ0) is 17.4. The molecule has 0 saturated heterocycles. The topological polar surface area (TPSA) is 51.2 Å². The standard InChI is InChI=1S/C21H20N2O2/c1-3-15-6-7-17-16(8-10-19(25-2)21(17)22-15)13-4-9-18-14(12-13)5-11-20(24)23-18/h4,6-10,12H,3,5,11H2,1-2H3,(H,23,24). The minimum Gasteiger partial charge on any atom is -0.494 e. The van der Waals surface area contributed by atoms with Crippen molar-refractivity contribution in [1.29, 1.82) is 0 Å². The van der Waals surface area contributed by atoms with E-state index in [2.05, 4.69) is 42.6 Å². The first-order chi connectivity index (χ1) is 12.2. The van der Waals surface area contributed by atoms with Gasteiger partial charge in [0, 0.05) is 23.2 Å². The largest absolute Gasteiger partial charge is 0.494 e. The highest BCUT2D eigenvalue weighted by Gasteiger charge is 2.16. The Morgan fingerprint density at radius 3 is 2.80 bits per heavy atom. The van der Waals surface area contributed by atoms with Crippen molar-refractivity contribution in [3.63, 3.8) is 0 Å². The molecule has 0 aliphatic carbocycles. The monoisotopic (exact) mass is 332 g/mol. The van der Waals surface area contributed by atoms with E-state index in [-0.39, 0.29) is 5.91 Å². The Labute approximate surface area is 146 Å². The number of aryl methyl sites for hydroxylation is 2. The van der Waals surface area contributed by atoms with E-state index >= 15 is 0 Å². The Morgan fingerprint density at radius 2 is 2.00 bits per heavy atom. The summed E-state index contributed by atoms with van der Waals surface area (Å²) in [6, 6.07) is 14.5. The summed E-state index contributed by atoms with van der Waals surface area (Å²) in [5, 5.41) is 4.02. The lowest BCUT2D eigenvalue weighted by Crippen LogP contribution is -2.18. The number of nitrogens with one attached hydrogen (secondary N) is 1. The number of carbonyl (C=O) groups excluding carboxylic acids is 1. The van der Waals surface area contributed by atoms with Crippen molar-refractivity contribution in [3.05, 3.63) is 53.7 Å². The van der Waals surface area contributed by atoms with Gasteiger partial charge >= 0.3 is 0 Å². The number of rotatable bonds is 3. The third-order valence-corrected chi connectivity index (χ3v) is 4.77. The Bertz CT molecular complexity index is 979. The zero-order valence-corrected chi connectivity index (χ0v) is 14.4. The lowest BCUT2D eigenvalue weighted by Gasteiger charge is -2.18. The van der Waals surface area contributed by atoms with Gasteiger partial charge in [-0.05, 0) is 59.9 Å². The van der Waals surface area contributed by atoms with Crippen LogP contribution in [0.3, 0.4) is 0 Å². The van der Waals surface area contributed by atoms with E-state index in [4.69, 9.17) is 9.72 Å². The molecule has 1 aliphatic heterocycles. The van der Waals surface area contributed by atoms with Crippen LogP contribution in [0.15, 0.2) is 42.5 Å². The molecule has 1 N–H and O–H groups in total. The van der Waals surface area contributed by atoms with Crippen molar-refractivity contribution in [2.45, 2.75) is 26.2 Å². The van der Waals surface area contributed by atoms with E-state index in [0.717, 1.165) is 52.0 Å². The number of carbonyl (C=O) groups is 1. The van der Waals surface area contributed by atoms with Crippen LogP contribution in [-0.4, -0.2) is 18.0 Å². The Balaban J connectivity index is 1.88. The number of hydrogen-bond acceptors (Lipinski definition) is 3. The van der Waals surface area contributed by atoms with Crippen LogP contribution in [0.4, 0.5) is 5.69 Å². The molecule has 0 bridgehead atoms. The SMILES string of the molecule is CCc1ccc2c(-c3ccc4c(c3)CCC(=O)N4)ccc(OC)c2n1. The molecule has 0 saturated carbocycles. The normalized spacial score (nSPS) is 13.4. The van der Waals surface area contributed by atoms with Crippen molar-refractivity contribution in [1.82, 2.24) is 4.98 Å². The predicted octanol–water partition coefficient (Wildman–Crippen LogP) is 4.36. The summed E-state index contributed by atoms with van der Waals surface area (Å²) in [7, 11) is 1.68. The number of ether oxygens (including phenoxy) is 1. The minimum atomic E-state index is 0.0893. The first-order valence-electron chi connectivity index (χ1n) is 8.59. The summed E-state index contributed by atoms with van der Waals surface area (Å²) in [5.74, 6) is 0.880. The quantitative estimate of drug-likeness (QED) is 0.775. The third kappa shape index (κ3) is 2.74. The van der Waals surface area contributed by atoms with Gasteiger partial charge in [0.15, 0.2) is 0 Å². The van der Waals surface area contributed by atoms with Crippen LogP contribution in [0.1, 0.15) is 24.6 Å². The molecule has 0 spiro atoms. The van der Waals surface area contributed by atoms with Crippen LogP contribution in [0.2, 0.25) is 0 Å². The van der Waals surface area contributed by atoms with Crippen LogP contribution in [0.5, 0.6) is 5.75 Å². The number of benzene rings is 2. The highest BCUT2D eigenvalue weighted by atomic mass is 16.5. The molecular weight excluding hydrogens is 312 g/mol. The number of aromatic nitrogens is 1. The molecule has 1 aromatic heterocycles. The highest BCUT2D eigenvalue weighted by Crippen LogP contribution is 2.36. The highest BCUT2D eigenvalue weighted by molar-refractivity contribution is 5.99. The molecule has 1 amide bonds. The maximum Gasteiger partial charge on any atom is 0.224 e. The van der Waals surface area contributed by atoms with Gasteiger partial charge in [0.05, 0.1) is 7.11 Å². The second kappa shape index (κ2) is 6.20. The molecule has 0 atom stereocenters. The number of fused-ring (bicyclic) bond motifs is 2. The number of anilines is 1. The maximum absolute atomic E-state index is 11.6. The summed E-state index contributed by atoms with van der Waals surface area (Å²) in [6.07, 6.45) is 2.21. The number of methoxy groups -OCH3 is 1. The first kappa shape index (κ1) is 15.6. The van der Waals surface area contributed by atoms with E-state index in [1.165, 1.54) is 5.56 Å². The molecule has 0 unspecified atom stereocenters. The van der Waals surface area contributed by atoms with Crippen LogP contribution in [0.25, 0.3) is 22.0 Å². The van der Waals surface area contributed by atoms with Crippen LogP contribution < -0.4 is 10.1 Å². The molecule has 126 valence electrons. The van der Waals surface area contributed by atoms with Crippen molar-refractivity contribution < 1.29 is 9.53 Å². The van der Waals surface area contributed by atoms with Crippen LogP contribution >= 0.6 is 0 Å². The van der Waals surface area contributed by atoms with Crippen molar-refractivity contribution >= 4 is 22.5 Å². The molecule has 0 fully saturated rings. The van der Waals surface area contributed by atoms with E-state index in [1.807, 2.05) is 12.1 Å². The van der Waals surface area contributed by atoms with Gasteiger partial charge in [-0.25, -0.2) is 4.98 Å². The van der Waals surface area contributed by atoms with Crippen molar-refractivity contribution in [2.24, 2.45) is 0 Å². The molecule has 2 heterocycles. The van der Waals surface area contributed by atoms with Gasteiger partial charge in [0.1, 0.15) is 11.3 Å². The third-order valence-electron chi connectivity index (χ3n) is 4.77. The molecule has 25 heavy (non-hydrogen) atoms. The van der Waals surface area contributed by atoms with E-state index < -0.39 is 0 Å². The zero-order valence-electron chi connectivity index (χ0n) is 14.4. The molecule has 2 aromatic carbocycles. The van der Waals surface area contributed by atoms with E-state index in [1.54, 1.807) is 7.11 Å². The van der Waals surface area contributed by atoms with E-state index in [0.29, 0.717) is 6.42 Å². The number of nitrogens with zero attached hydrogens (tertiary/aromatic N) is 1. The number of amides is 1. The molecule has 1 aliphatic rings. The maximum atomic E-state index is 11.6. The first-order valence-corrected chi connectivity index (χ1v) is 8.59. The molecule has 4 heteroatoms. The van der Waals surface area contributed by atoms with E-state index in [9.17, 15) is 4.79 Å². The average Bonchev–Trinajstić information content (AvgIpc) is 2.66. The Kier molecular flexibility index (Phi) is 3.88. The fourth-order valence-corrected chi connectivity index (χ4v) is 3.40.